The van der Waals surface area contributed by atoms with Crippen molar-refractivity contribution in [2.75, 3.05) is 17.7 Å². The fourth-order valence-corrected chi connectivity index (χ4v) is 4.55. The van der Waals surface area contributed by atoms with Crippen molar-refractivity contribution in [3.63, 3.8) is 0 Å². The van der Waals surface area contributed by atoms with Crippen LogP contribution in [0.5, 0.6) is 5.75 Å². The lowest BCUT2D eigenvalue weighted by Crippen LogP contribution is -2.21. The van der Waals surface area contributed by atoms with Gasteiger partial charge in [0.15, 0.2) is 0 Å². The van der Waals surface area contributed by atoms with E-state index >= 15 is 0 Å². The molecule has 0 unspecified atom stereocenters. The normalized spacial score (nSPS) is 11.7. The second kappa shape index (κ2) is 11.9. The smallest absolute Gasteiger partial charge is 0.416 e. The maximum Gasteiger partial charge on any atom is 0.416 e. The third kappa shape index (κ3) is 6.94. The van der Waals surface area contributed by atoms with Gasteiger partial charge >= 0.3 is 18.4 Å². The molecule has 0 aliphatic heterocycles. The molecule has 2 amide bonds. The van der Waals surface area contributed by atoms with Crippen LogP contribution in [0, 0.1) is 0 Å². The van der Waals surface area contributed by atoms with E-state index in [1.165, 1.54) is 19.2 Å². The van der Waals surface area contributed by atoms with Gasteiger partial charge in [-0.25, -0.2) is 9.48 Å². The zero-order valence-electron chi connectivity index (χ0n) is 22.5. The van der Waals surface area contributed by atoms with Crippen molar-refractivity contribution in [3.05, 3.63) is 108 Å². The van der Waals surface area contributed by atoms with E-state index in [4.69, 9.17) is 21.4 Å². The number of benzene rings is 3. The fourth-order valence-electron chi connectivity index (χ4n) is 4.33. The molecule has 3 aromatic carbocycles. The van der Waals surface area contributed by atoms with E-state index < -0.39 is 35.2 Å². The van der Waals surface area contributed by atoms with E-state index in [-0.39, 0.29) is 11.8 Å². The first-order valence-corrected chi connectivity index (χ1v) is 13.0. The highest BCUT2D eigenvalue weighted by Crippen LogP contribution is 2.38. The summed E-state index contributed by atoms with van der Waals surface area (Å²) in [6, 6.07) is 14.8. The van der Waals surface area contributed by atoms with Crippen LogP contribution in [0.4, 0.5) is 42.5 Å². The minimum absolute atomic E-state index is 0.0232. The Morgan fingerprint density at radius 2 is 1.48 bits per heavy atom. The molecule has 0 saturated heterocycles. The van der Waals surface area contributed by atoms with Crippen molar-refractivity contribution >= 4 is 29.0 Å². The van der Waals surface area contributed by atoms with E-state index in [0.29, 0.717) is 39.8 Å². The number of urea groups is 1. The van der Waals surface area contributed by atoms with Crippen molar-refractivity contribution in [3.8, 4) is 33.8 Å². The predicted octanol–water partition coefficient (Wildman–Crippen LogP) is 8.94. The van der Waals surface area contributed by atoms with Crippen LogP contribution in [-0.4, -0.2) is 27.9 Å². The number of alkyl halides is 6. The summed E-state index contributed by atoms with van der Waals surface area (Å²) < 4.78 is 86.2. The van der Waals surface area contributed by atoms with Gasteiger partial charge in [0.05, 0.1) is 23.9 Å². The maximum atomic E-state index is 13.2. The fraction of sp³-hybridized carbons (Fsp3) is 0.100. The summed E-state index contributed by atoms with van der Waals surface area (Å²) in [6.45, 7) is 0. The third-order valence-corrected chi connectivity index (χ3v) is 6.52. The number of pyridine rings is 1. The Kier molecular flexibility index (Phi) is 8.24. The lowest BCUT2D eigenvalue weighted by molar-refractivity contribution is -0.143. The maximum absolute atomic E-state index is 13.2. The van der Waals surface area contributed by atoms with Gasteiger partial charge in [-0.1, -0.05) is 17.7 Å². The quantitative estimate of drug-likeness (QED) is 0.183. The number of anilines is 2. The number of aromatic nitrogens is 3. The number of rotatable bonds is 6. The highest BCUT2D eigenvalue weighted by atomic mass is 35.5. The molecule has 0 fully saturated rings. The Labute approximate surface area is 251 Å². The molecular formula is C30H20ClF6N5O2. The molecule has 14 heteroatoms. The largest absolute Gasteiger partial charge is 0.497 e. The van der Waals surface area contributed by atoms with E-state index in [1.807, 2.05) is 5.32 Å². The van der Waals surface area contributed by atoms with Gasteiger partial charge in [-0.2, -0.15) is 31.4 Å². The van der Waals surface area contributed by atoms with Crippen LogP contribution < -0.4 is 15.4 Å². The molecule has 0 saturated carbocycles. The van der Waals surface area contributed by atoms with Crippen LogP contribution in [0.2, 0.25) is 5.02 Å². The molecule has 0 bridgehead atoms. The molecule has 7 nitrogen and oxygen atoms in total. The van der Waals surface area contributed by atoms with Crippen molar-refractivity contribution in [1.29, 1.82) is 0 Å². The summed E-state index contributed by atoms with van der Waals surface area (Å²) >= 11 is 6.31. The number of nitrogens with one attached hydrogen (secondary N) is 2. The molecule has 0 atom stereocenters. The highest BCUT2D eigenvalue weighted by Gasteiger charge is 2.37. The van der Waals surface area contributed by atoms with Crippen LogP contribution in [0.3, 0.4) is 0 Å². The average molecular weight is 632 g/mol. The second-order valence-corrected chi connectivity index (χ2v) is 9.81. The zero-order valence-corrected chi connectivity index (χ0v) is 23.2. The second-order valence-electron chi connectivity index (χ2n) is 9.38. The minimum Gasteiger partial charge on any atom is -0.497 e. The summed E-state index contributed by atoms with van der Waals surface area (Å²) in [5.74, 6) is 0.517. The summed E-state index contributed by atoms with van der Waals surface area (Å²) in [4.78, 5) is 16.7. The number of ether oxygens (including phenoxy) is 1. The van der Waals surface area contributed by atoms with Crippen molar-refractivity contribution < 1.29 is 35.9 Å². The van der Waals surface area contributed by atoms with Gasteiger partial charge in [0, 0.05) is 46.1 Å². The highest BCUT2D eigenvalue weighted by molar-refractivity contribution is 6.31. The summed E-state index contributed by atoms with van der Waals surface area (Å²) in [6.07, 6.45) is -5.12. The lowest BCUT2D eigenvalue weighted by atomic mass is 10.0. The molecule has 0 radical (unpaired) electrons. The Morgan fingerprint density at radius 1 is 0.818 bits per heavy atom. The van der Waals surface area contributed by atoms with E-state index in [0.717, 1.165) is 11.1 Å². The van der Waals surface area contributed by atoms with Gasteiger partial charge in [-0.3, -0.25) is 4.98 Å². The van der Waals surface area contributed by atoms with Gasteiger partial charge in [0.2, 0.25) is 0 Å². The zero-order chi connectivity index (χ0) is 31.6. The van der Waals surface area contributed by atoms with Crippen molar-refractivity contribution in [2.24, 2.45) is 0 Å². The Morgan fingerprint density at radius 3 is 2.11 bits per heavy atom. The summed E-state index contributed by atoms with van der Waals surface area (Å²) in [5.41, 5.74) is -0.386. The minimum atomic E-state index is -5.06. The number of amides is 2. The van der Waals surface area contributed by atoms with Gasteiger partial charge in [-0.15, -0.1) is 0 Å². The molecule has 0 aliphatic rings. The van der Waals surface area contributed by atoms with Crippen LogP contribution in [0.15, 0.2) is 91.4 Å². The van der Waals surface area contributed by atoms with Gasteiger partial charge in [0.25, 0.3) is 0 Å². The van der Waals surface area contributed by atoms with Crippen LogP contribution >= 0.6 is 11.6 Å². The number of methoxy groups -OCH3 is 1. The number of carbonyl (C=O) groups excluding carboxylic acids is 1. The third-order valence-electron chi connectivity index (χ3n) is 6.30. The van der Waals surface area contributed by atoms with E-state index in [2.05, 4.69) is 10.3 Å². The first kappa shape index (κ1) is 30.4. The van der Waals surface area contributed by atoms with Crippen LogP contribution in [0.1, 0.15) is 11.1 Å². The van der Waals surface area contributed by atoms with Crippen LogP contribution in [0.25, 0.3) is 28.1 Å². The molecule has 0 aliphatic carbocycles. The summed E-state index contributed by atoms with van der Waals surface area (Å²) in [5, 5.41) is 9.64. The Balaban J connectivity index is 1.45. The molecule has 44 heavy (non-hydrogen) atoms. The van der Waals surface area contributed by atoms with E-state index in [1.54, 1.807) is 65.7 Å². The molecule has 2 aromatic heterocycles. The number of nitrogens with zero attached hydrogens (tertiary/aromatic N) is 3. The standard InChI is InChI=1S/C30H20ClF6N5O2/c1-44-25-10-18(9-21(31)14-25)27-26(17-5-7-38-8-6-17)16-42(41-27)24-4-2-3-22(15-24)39-28(43)40-23-12-19(29(32,33)34)11-20(13-23)30(35,36)37/h2-16H,1H3,(H2,39,40,43). The number of halogens is 7. The first-order chi connectivity index (χ1) is 20.8. The van der Waals surface area contributed by atoms with Gasteiger partial charge in [-0.05, 0) is 72.3 Å². The van der Waals surface area contributed by atoms with Crippen molar-refractivity contribution in [2.45, 2.75) is 12.4 Å². The monoisotopic (exact) mass is 631 g/mol. The SMILES string of the molecule is COc1cc(Cl)cc(-c2nn(-c3cccc(NC(=O)Nc4cc(C(F)(F)F)cc(C(F)(F)F)c4)c3)cc2-c2ccncc2)c1. The molecular weight excluding hydrogens is 612 g/mol. The number of hydrogen-bond acceptors (Lipinski definition) is 4. The van der Waals surface area contributed by atoms with Crippen LogP contribution in [-0.2, 0) is 12.4 Å². The number of carbonyl (C=O) groups is 1. The van der Waals surface area contributed by atoms with Gasteiger partial charge < -0.3 is 15.4 Å². The molecule has 0 spiro atoms. The molecule has 2 heterocycles. The lowest BCUT2D eigenvalue weighted by Gasteiger charge is -2.15. The Hall–Kier alpha value is -5.04. The molecule has 5 rings (SSSR count). The van der Waals surface area contributed by atoms with Gasteiger partial charge in [0.1, 0.15) is 11.4 Å². The molecule has 2 N–H and O–H groups in total. The predicted molar refractivity (Wildman–Crippen MR) is 153 cm³/mol. The summed E-state index contributed by atoms with van der Waals surface area (Å²) in [7, 11) is 1.51. The average Bonchev–Trinajstić information content (AvgIpc) is 3.42. The van der Waals surface area contributed by atoms with Crippen molar-refractivity contribution in [1.82, 2.24) is 14.8 Å². The van der Waals surface area contributed by atoms with E-state index in [9.17, 15) is 31.1 Å². The first-order valence-electron chi connectivity index (χ1n) is 12.6. The topological polar surface area (TPSA) is 81.1 Å². The molecule has 5 aromatic rings. The Bertz CT molecular complexity index is 1790. The molecule has 226 valence electrons. The number of hydrogen-bond donors (Lipinski definition) is 2.